The van der Waals surface area contributed by atoms with E-state index in [-0.39, 0.29) is 11.7 Å². The van der Waals surface area contributed by atoms with Crippen molar-refractivity contribution in [1.82, 2.24) is 14.5 Å². The number of aromatic amines is 1. The summed E-state index contributed by atoms with van der Waals surface area (Å²) in [6.45, 7) is 5.69. The second kappa shape index (κ2) is 8.10. The third kappa shape index (κ3) is 4.03. The number of ether oxygens (including phenoxy) is 1. The number of benzene rings is 1. The standard InChI is InChI=1S/C21H26N6O2/c1-2-3-7-27(23)18-11-15(10-17-20(18)25-21(22)24-17)14-6-8-26(19(28)12-14)13-16-5-4-9-29-16/h2,6,8,10-12,16H,1,3-5,7,9,13,23H2,(H3,22,24,25). The van der Waals surface area contributed by atoms with Crippen LogP contribution in [0.2, 0.25) is 0 Å². The van der Waals surface area contributed by atoms with E-state index in [0.29, 0.717) is 24.6 Å². The van der Waals surface area contributed by atoms with Crippen molar-refractivity contribution in [2.75, 3.05) is 23.9 Å². The Hall–Kier alpha value is -3.10. The van der Waals surface area contributed by atoms with Crippen LogP contribution in [0.15, 0.2) is 47.9 Å². The van der Waals surface area contributed by atoms with Crippen LogP contribution in [0.25, 0.3) is 22.2 Å². The topological polar surface area (TPSA) is 115 Å². The lowest BCUT2D eigenvalue weighted by Gasteiger charge is -2.19. The van der Waals surface area contributed by atoms with Crippen LogP contribution in [0.3, 0.4) is 0 Å². The molecule has 0 bridgehead atoms. The summed E-state index contributed by atoms with van der Waals surface area (Å²) in [6, 6.07) is 7.45. The second-order valence-corrected chi connectivity index (χ2v) is 7.33. The van der Waals surface area contributed by atoms with Crippen LogP contribution in [0.5, 0.6) is 0 Å². The monoisotopic (exact) mass is 394 g/mol. The molecule has 4 rings (SSSR count). The van der Waals surface area contributed by atoms with Crippen molar-refractivity contribution >= 4 is 22.7 Å². The summed E-state index contributed by atoms with van der Waals surface area (Å²) in [5.41, 5.74) is 9.70. The van der Waals surface area contributed by atoms with E-state index in [0.717, 1.165) is 48.2 Å². The molecule has 5 N–H and O–H groups in total. The molecule has 1 fully saturated rings. The number of H-pyrrole nitrogens is 1. The first-order chi connectivity index (χ1) is 14.0. The van der Waals surface area contributed by atoms with Gasteiger partial charge in [-0.1, -0.05) is 6.08 Å². The molecule has 0 aliphatic carbocycles. The minimum Gasteiger partial charge on any atom is -0.376 e. The summed E-state index contributed by atoms with van der Waals surface area (Å²) >= 11 is 0. The minimum absolute atomic E-state index is 0.0555. The number of anilines is 2. The van der Waals surface area contributed by atoms with Crippen molar-refractivity contribution in [3.05, 3.63) is 53.5 Å². The highest BCUT2D eigenvalue weighted by Crippen LogP contribution is 2.31. The molecule has 29 heavy (non-hydrogen) atoms. The van der Waals surface area contributed by atoms with Gasteiger partial charge in [0.2, 0.25) is 0 Å². The number of imidazole rings is 1. The van der Waals surface area contributed by atoms with Crippen LogP contribution >= 0.6 is 0 Å². The van der Waals surface area contributed by atoms with E-state index >= 15 is 0 Å². The third-order valence-corrected chi connectivity index (χ3v) is 5.22. The highest BCUT2D eigenvalue weighted by atomic mass is 16.5. The maximum absolute atomic E-state index is 12.7. The summed E-state index contributed by atoms with van der Waals surface area (Å²) in [4.78, 5) is 20.1. The zero-order chi connectivity index (χ0) is 20.4. The number of hydrazine groups is 1. The molecule has 152 valence electrons. The number of nitrogens with one attached hydrogen (secondary N) is 1. The molecule has 1 aliphatic heterocycles. The Kier molecular flexibility index (Phi) is 5.37. The predicted molar refractivity (Wildman–Crippen MR) is 116 cm³/mol. The summed E-state index contributed by atoms with van der Waals surface area (Å²) in [5, 5.41) is 1.63. The van der Waals surface area contributed by atoms with Gasteiger partial charge in [0.05, 0.1) is 23.9 Å². The van der Waals surface area contributed by atoms with Crippen LogP contribution in [0, 0.1) is 0 Å². The quantitative estimate of drug-likeness (QED) is 0.322. The van der Waals surface area contributed by atoms with Gasteiger partial charge >= 0.3 is 0 Å². The van der Waals surface area contributed by atoms with E-state index in [1.54, 1.807) is 15.6 Å². The van der Waals surface area contributed by atoms with Gasteiger partial charge in [0.1, 0.15) is 5.52 Å². The molecule has 1 atom stereocenters. The smallest absolute Gasteiger partial charge is 0.251 e. The van der Waals surface area contributed by atoms with Crippen molar-refractivity contribution in [3.8, 4) is 11.1 Å². The van der Waals surface area contributed by atoms with Crippen LogP contribution in [-0.4, -0.2) is 33.8 Å². The van der Waals surface area contributed by atoms with Gasteiger partial charge in [0.25, 0.3) is 5.56 Å². The molecule has 1 saturated heterocycles. The molecule has 0 radical (unpaired) electrons. The maximum atomic E-state index is 12.7. The van der Waals surface area contributed by atoms with Gasteiger partial charge in [-0.2, -0.15) is 0 Å². The molecule has 1 aromatic carbocycles. The number of aromatic nitrogens is 3. The van der Waals surface area contributed by atoms with E-state index in [9.17, 15) is 4.79 Å². The van der Waals surface area contributed by atoms with Crippen molar-refractivity contribution in [2.24, 2.45) is 5.84 Å². The Labute approximate surface area is 168 Å². The molecule has 0 spiro atoms. The van der Waals surface area contributed by atoms with E-state index < -0.39 is 0 Å². The zero-order valence-corrected chi connectivity index (χ0v) is 16.3. The second-order valence-electron chi connectivity index (χ2n) is 7.33. The van der Waals surface area contributed by atoms with E-state index in [1.807, 2.05) is 30.5 Å². The van der Waals surface area contributed by atoms with E-state index in [2.05, 4.69) is 16.5 Å². The number of fused-ring (bicyclic) bond motifs is 1. The molecule has 8 nitrogen and oxygen atoms in total. The molecule has 0 amide bonds. The first-order valence-electron chi connectivity index (χ1n) is 9.80. The predicted octanol–water partition coefficient (Wildman–Crippen LogP) is 2.41. The van der Waals surface area contributed by atoms with Crippen molar-refractivity contribution in [3.63, 3.8) is 0 Å². The average Bonchev–Trinajstić information content (AvgIpc) is 3.35. The van der Waals surface area contributed by atoms with Crippen LogP contribution < -0.4 is 22.1 Å². The van der Waals surface area contributed by atoms with Gasteiger partial charge in [-0.05, 0) is 48.6 Å². The lowest BCUT2D eigenvalue weighted by molar-refractivity contribution is 0.0962. The van der Waals surface area contributed by atoms with Gasteiger partial charge < -0.3 is 25.0 Å². The number of nitrogens with zero attached hydrogens (tertiary/aromatic N) is 3. The van der Waals surface area contributed by atoms with Crippen molar-refractivity contribution in [1.29, 1.82) is 0 Å². The normalized spacial score (nSPS) is 16.4. The van der Waals surface area contributed by atoms with Crippen LogP contribution in [-0.2, 0) is 11.3 Å². The summed E-state index contributed by atoms with van der Waals surface area (Å²) in [7, 11) is 0. The molecular formula is C21H26N6O2. The Morgan fingerprint density at radius 2 is 2.24 bits per heavy atom. The lowest BCUT2D eigenvalue weighted by atomic mass is 10.0. The maximum Gasteiger partial charge on any atom is 0.251 e. The van der Waals surface area contributed by atoms with Gasteiger partial charge in [-0.3, -0.25) is 4.79 Å². The summed E-state index contributed by atoms with van der Waals surface area (Å²) < 4.78 is 7.34. The molecule has 1 unspecified atom stereocenters. The highest BCUT2D eigenvalue weighted by molar-refractivity contribution is 5.94. The van der Waals surface area contributed by atoms with Gasteiger partial charge in [-0.15, -0.1) is 6.58 Å². The molecule has 0 saturated carbocycles. The third-order valence-electron chi connectivity index (χ3n) is 5.22. The zero-order valence-electron chi connectivity index (χ0n) is 16.3. The molecule has 2 aromatic heterocycles. The largest absolute Gasteiger partial charge is 0.376 e. The van der Waals surface area contributed by atoms with Crippen molar-refractivity contribution in [2.45, 2.75) is 31.9 Å². The fourth-order valence-electron chi connectivity index (χ4n) is 3.70. The van der Waals surface area contributed by atoms with Gasteiger partial charge in [0.15, 0.2) is 5.95 Å². The SMILES string of the molecule is C=CCCN(N)c1cc(-c2ccn(CC3CCCO3)c(=O)c2)cc2[nH]c(N)nc12. The number of nitrogens with two attached hydrogens (primary N) is 2. The molecule has 3 heterocycles. The molecule has 1 aliphatic rings. The fraction of sp³-hybridized carbons (Fsp3) is 0.333. The lowest BCUT2D eigenvalue weighted by Crippen LogP contribution is -2.31. The number of pyridine rings is 1. The first-order valence-corrected chi connectivity index (χ1v) is 9.80. The molecular weight excluding hydrogens is 368 g/mol. The Morgan fingerprint density at radius 3 is 2.97 bits per heavy atom. The minimum atomic E-state index is -0.0555. The summed E-state index contributed by atoms with van der Waals surface area (Å²) in [5.74, 6) is 6.58. The van der Waals surface area contributed by atoms with Gasteiger partial charge in [-0.25, -0.2) is 10.8 Å². The molecule has 3 aromatic rings. The number of hydrogen-bond acceptors (Lipinski definition) is 6. The Balaban J connectivity index is 1.70. The Morgan fingerprint density at radius 1 is 1.38 bits per heavy atom. The van der Waals surface area contributed by atoms with Gasteiger partial charge in [0, 0.05) is 25.4 Å². The van der Waals surface area contributed by atoms with E-state index in [4.69, 9.17) is 16.3 Å². The number of nitrogen functional groups attached to an aromatic ring is 1. The van der Waals surface area contributed by atoms with Crippen LogP contribution in [0.1, 0.15) is 19.3 Å². The van der Waals surface area contributed by atoms with Crippen LogP contribution in [0.4, 0.5) is 11.6 Å². The number of hydrogen-bond donors (Lipinski definition) is 3. The number of rotatable bonds is 7. The summed E-state index contributed by atoms with van der Waals surface area (Å²) in [6.07, 6.45) is 6.53. The Bertz CT molecular complexity index is 1080. The highest BCUT2D eigenvalue weighted by Gasteiger charge is 2.17. The van der Waals surface area contributed by atoms with E-state index in [1.165, 1.54) is 0 Å². The molecule has 8 heteroatoms. The van der Waals surface area contributed by atoms with Crippen molar-refractivity contribution < 1.29 is 4.74 Å². The average molecular weight is 394 g/mol. The fourth-order valence-corrected chi connectivity index (χ4v) is 3.70. The first kappa shape index (κ1) is 19.2.